The van der Waals surface area contributed by atoms with Crippen LogP contribution in [0.3, 0.4) is 0 Å². The molecule has 0 bridgehead atoms. The lowest BCUT2D eigenvalue weighted by atomic mass is 10.1. The van der Waals surface area contributed by atoms with Crippen molar-refractivity contribution in [2.75, 3.05) is 7.05 Å². The van der Waals surface area contributed by atoms with Gasteiger partial charge in [0.25, 0.3) is 0 Å². The van der Waals surface area contributed by atoms with E-state index < -0.39 is 0 Å². The van der Waals surface area contributed by atoms with Crippen LogP contribution in [-0.2, 0) is 17.8 Å². The number of benzene rings is 2. The zero-order valence-corrected chi connectivity index (χ0v) is 12.7. The summed E-state index contributed by atoms with van der Waals surface area (Å²) in [5.41, 5.74) is 1.46. The SMILES string of the molecule is CN(Cc1ccccc1)C(=O)Cc1cc(Br)ccc1F. The number of amides is 1. The molecule has 104 valence electrons. The van der Waals surface area contributed by atoms with E-state index in [1.165, 1.54) is 6.07 Å². The molecule has 0 aliphatic heterocycles. The van der Waals surface area contributed by atoms with Crippen molar-refractivity contribution in [2.24, 2.45) is 0 Å². The minimum atomic E-state index is -0.352. The Bertz CT molecular complexity index is 601. The molecule has 4 heteroatoms. The predicted molar refractivity (Wildman–Crippen MR) is 80.7 cm³/mol. The van der Waals surface area contributed by atoms with E-state index in [1.807, 2.05) is 30.3 Å². The third-order valence-corrected chi connectivity index (χ3v) is 3.53. The van der Waals surface area contributed by atoms with Crippen LogP contribution in [0.15, 0.2) is 53.0 Å². The topological polar surface area (TPSA) is 20.3 Å². The Morgan fingerprint density at radius 2 is 1.90 bits per heavy atom. The monoisotopic (exact) mass is 335 g/mol. The molecule has 2 aromatic rings. The summed E-state index contributed by atoms with van der Waals surface area (Å²) in [5.74, 6) is -0.458. The van der Waals surface area contributed by atoms with E-state index in [0.717, 1.165) is 10.0 Å². The number of rotatable bonds is 4. The second-order valence-electron chi connectivity index (χ2n) is 4.65. The van der Waals surface area contributed by atoms with Crippen LogP contribution in [0.5, 0.6) is 0 Å². The average molecular weight is 336 g/mol. The summed E-state index contributed by atoms with van der Waals surface area (Å²) >= 11 is 3.29. The van der Waals surface area contributed by atoms with E-state index >= 15 is 0 Å². The van der Waals surface area contributed by atoms with E-state index in [2.05, 4.69) is 15.9 Å². The van der Waals surface area contributed by atoms with Crippen LogP contribution in [0.4, 0.5) is 4.39 Å². The van der Waals surface area contributed by atoms with Crippen LogP contribution in [0, 0.1) is 5.82 Å². The van der Waals surface area contributed by atoms with Crippen molar-refractivity contribution in [3.8, 4) is 0 Å². The quantitative estimate of drug-likeness (QED) is 0.832. The van der Waals surface area contributed by atoms with Crippen molar-refractivity contribution >= 4 is 21.8 Å². The lowest BCUT2D eigenvalue weighted by Crippen LogP contribution is -2.28. The van der Waals surface area contributed by atoms with Gasteiger partial charge in [0.05, 0.1) is 6.42 Å². The first-order valence-corrected chi connectivity index (χ1v) is 7.07. The molecular weight excluding hydrogens is 321 g/mol. The molecule has 2 aromatic carbocycles. The van der Waals surface area contributed by atoms with Crippen LogP contribution in [0.25, 0.3) is 0 Å². The van der Waals surface area contributed by atoms with Gasteiger partial charge in [-0.3, -0.25) is 4.79 Å². The number of hydrogen-bond donors (Lipinski definition) is 0. The van der Waals surface area contributed by atoms with E-state index in [4.69, 9.17) is 0 Å². The molecule has 20 heavy (non-hydrogen) atoms. The Labute approximate surface area is 126 Å². The smallest absolute Gasteiger partial charge is 0.227 e. The third kappa shape index (κ3) is 3.90. The van der Waals surface area contributed by atoms with E-state index in [9.17, 15) is 9.18 Å². The maximum absolute atomic E-state index is 13.6. The lowest BCUT2D eigenvalue weighted by Gasteiger charge is -2.17. The first kappa shape index (κ1) is 14.7. The fraction of sp³-hybridized carbons (Fsp3) is 0.188. The summed E-state index contributed by atoms with van der Waals surface area (Å²) in [6, 6.07) is 14.4. The molecular formula is C16H15BrFNO. The average Bonchev–Trinajstić information content (AvgIpc) is 2.44. The highest BCUT2D eigenvalue weighted by atomic mass is 79.9. The maximum atomic E-state index is 13.6. The van der Waals surface area contributed by atoms with Gasteiger partial charge in [-0.05, 0) is 29.3 Å². The summed E-state index contributed by atoms with van der Waals surface area (Å²) in [6.07, 6.45) is 0.0641. The molecule has 2 nitrogen and oxygen atoms in total. The normalized spacial score (nSPS) is 10.3. The third-order valence-electron chi connectivity index (χ3n) is 3.04. The molecule has 0 spiro atoms. The molecule has 1 amide bonds. The van der Waals surface area contributed by atoms with Gasteiger partial charge in [-0.15, -0.1) is 0 Å². The fourth-order valence-electron chi connectivity index (χ4n) is 1.92. The maximum Gasteiger partial charge on any atom is 0.227 e. The number of likely N-dealkylation sites (N-methyl/N-ethyl adjacent to an activating group) is 1. The van der Waals surface area contributed by atoms with Crippen LogP contribution >= 0.6 is 15.9 Å². The van der Waals surface area contributed by atoms with Crippen molar-refractivity contribution in [3.05, 3.63) is 69.9 Å². The second-order valence-corrected chi connectivity index (χ2v) is 5.56. The molecule has 0 aromatic heterocycles. The van der Waals surface area contributed by atoms with Gasteiger partial charge in [0.2, 0.25) is 5.91 Å². The van der Waals surface area contributed by atoms with Crippen molar-refractivity contribution in [3.63, 3.8) is 0 Å². The van der Waals surface area contributed by atoms with Crippen molar-refractivity contribution in [2.45, 2.75) is 13.0 Å². The predicted octanol–water partition coefficient (Wildman–Crippen LogP) is 3.79. The summed E-state index contributed by atoms with van der Waals surface area (Å²) in [6.45, 7) is 0.523. The Kier molecular flexibility index (Phi) is 4.90. The minimum Gasteiger partial charge on any atom is -0.341 e. The van der Waals surface area contributed by atoms with Gasteiger partial charge in [0.15, 0.2) is 0 Å². The summed E-state index contributed by atoms with van der Waals surface area (Å²) < 4.78 is 14.4. The van der Waals surface area contributed by atoms with E-state index in [0.29, 0.717) is 12.1 Å². The largest absolute Gasteiger partial charge is 0.341 e. The highest BCUT2D eigenvalue weighted by molar-refractivity contribution is 9.10. The zero-order chi connectivity index (χ0) is 14.5. The van der Waals surface area contributed by atoms with Crippen LogP contribution in [0.2, 0.25) is 0 Å². The Hall–Kier alpha value is -1.68. The number of carbonyl (C=O) groups is 1. The first-order chi connectivity index (χ1) is 9.56. The highest BCUT2D eigenvalue weighted by Crippen LogP contribution is 2.17. The molecule has 0 radical (unpaired) electrons. The number of hydrogen-bond acceptors (Lipinski definition) is 1. The molecule has 0 aliphatic rings. The molecule has 2 rings (SSSR count). The van der Waals surface area contributed by atoms with Gasteiger partial charge in [-0.25, -0.2) is 4.39 Å². The highest BCUT2D eigenvalue weighted by Gasteiger charge is 2.13. The Morgan fingerprint density at radius 1 is 1.20 bits per heavy atom. The molecule has 0 heterocycles. The van der Waals surface area contributed by atoms with Gasteiger partial charge >= 0.3 is 0 Å². The summed E-state index contributed by atoms with van der Waals surface area (Å²) in [5, 5.41) is 0. The fourth-order valence-corrected chi connectivity index (χ4v) is 2.33. The van der Waals surface area contributed by atoms with Crippen LogP contribution in [0.1, 0.15) is 11.1 Å². The second kappa shape index (κ2) is 6.66. The molecule has 0 fully saturated rings. The molecule has 0 aliphatic carbocycles. The Morgan fingerprint density at radius 3 is 2.60 bits per heavy atom. The van der Waals surface area contributed by atoms with Crippen molar-refractivity contribution in [1.82, 2.24) is 4.90 Å². The summed E-state index contributed by atoms with van der Waals surface area (Å²) in [7, 11) is 1.73. The molecule has 0 atom stereocenters. The van der Waals surface area contributed by atoms with Crippen LogP contribution < -0.4 is 0 Å². The summed E-state index contributed by atoms with van der Waals surface area (Å²) in [4.78, 5) is 13.7. The van der Waals surface area contributed by atoms with Crippen LogP contribution in [-0.4, -0.2) is 17.9 Å². The van der Waals surface area contributed by atoms with Crippen molar-refractivity contribution < 1.29 is 9.18 Å². The van der Waals surface area contributed by atoms with Gasteiger partial charge in [0, 0.05) is 18.1 Å². The number of halogens is 2. The van der Waals surface area contributed by atoms with Gasteiger partial charge in [0.1, 0.15) is 5.82 Å². The van der Waals surface area contributed by atoms with Gasteiger partial charge in [-0.2, -0.15) is 0 Å². The van der Waals surface area contributed by atoms with E-state index in [1.54, 1.807) is 24.1 Å². The standard InChI is InChI=1S/C16H15BrFNO/c1-19(11-12-5-3-2-4-6-12)16(20)10-13-9-14(17)7-8-15(13)18/h2-9H,10-11H2,1H3. The van der Waals surface area contributed by atoms with E-state index in [-0.39, 0.29) is 18.1 Å². The number of carbonyl (C=O) groups excluding carboxylic acids is 1. The minimum absolute atomic E-state index is 0.0641. The van der Waals surface area contributed by atoms with Gasteiger partial charge < -0.3 is 4.90 Å². The molecule has 0 saturated heterocycles. The Balaban J connectivity index is 2.02. The van der Waals surface area contributed by atoms with Gasteiger partial charge in [-0.1, -0.05) is 46.3 Å². The molecule has 0 unspecified atom stereocenters. The van der Waals surface area contributed by atoms with Crippen molar-refractivity contribution in [1.29, 1.82) is 0 Å². The zero-order valence-electron chi connectivity index (χ0n) is 11.1. The lowest BCUT2D eigenvalue weighted by molar-refractivity contribution is -0.129. The molecule has 0 saturated carbocycles. The molecule has 0 N–H and O–H groups in total. The number of nitrogens with zero attached hydrogens (tertiary/aromatic N) is 1. The first-order valence-electron chi connectivity index (χ1n) is 6.28.